The molecule has 0 heterocycles. The lowest BCUT2D eigenvalue weighted by Crippen LogP contribution is -2.27. The Morgan fingerprint density at radius 3 is 2.29 bits per heavy atom. The van der Waals surface area contributed by atoms with Crippen LogP contribution in [0.3, 0.4) is 0 Å². The molecule has 1 atom stereocenters. The maximum absolute atomic E-state index is 10.3. The van der Waals surface area contributed by atoms with E-state index in [1.807, 2.05) is 25.1 Å². The molecule has 1 aromatic rings. The van der Waals surface area contributed by atoms with Crippen molar-refractivity contribution in [1.29, 1.82) is 0 Å². The number of unbranched alkanes of at least 4 members (excludes halogenated alkanes) is 2. The fourth-order valence-electron chi connectivity index (χ4n) is 1.93. The molecule has 0 bridgehead atoms. The molecule has 0 saturated carbocycles. The van der Waals surface area contributed by atoms with Gasteiger partial charge in [0.1, 0.15) is 0 Å². The fraction of sp³-hybridized carbons (Fsp3) is 0.571. The van der Waals surface area contributed by atoms with Gasteiger partial charge in [0.05, 0.1) is 5.60 Å². The second-order valence-corrected chi connectivity index (χ2v) is 5.65. The van der Waals surface area contributed by atoms with Crippen molar-refractivity contribution in [2.45, 2.75) is 51.6 Å². The third-order valence-corrected chi connectivity index (χ3v) is 3.65. The third kappa shape index (κ3) is 4.87. The Bertz CT molecular complexity index is 341. The van der Waals surface area contributed by atoms with E-state index in [4.69, 9.17) is 23.2 Å². The van der Waals surface area contributed by atoms with E-state index in [1.54, 1.807) is 0 Å². The van der Waals surface area contributed by atoms with Gasteiger partial charge in [-0.1, -0.05) is 55.5 Å². The average Bonchev–Trinajstić information content (AvgIpc) is 2.24. The second kappa shape index (κ2) is 6.63. The van der Waals surface area contributed by atoms with Gasteiger partial charge in [-0.15, -0.1) is 0 Å². The largest absolute Gasteiger partial charge is 0.390 e. The molecule has 0 amide bonds. The van der Waals surface area contributed by atoms with E-state index in [9.17, 15) is 5.11 Å². The number of hydrogen-bond acceptors (Lipinski definition) is 1. The summed E-state index contributed by atoms with van der Waals surface area (Å²) in [4.78, 5) is 0. The monoisotopic (exact) mass is 274 g/mol. The van der Waals surface area contributed by atoms with E-state index in [0.29, 0.717) is 16.5 Å². The zero-order valence-electron chi connectivity index (χ0n) is 10.5. The highest BCUT2D eigenvalue weighted by Gasteiger charge is 2.22. The average molecular weight is 275 g/mol. The second-order valence-electron chi connectivity index (χ2n) is 4.83. The first-order chi connectivity index (χ1) is 7.96. The Hall–Kier alpha value is -0.240. The summed E-state index contributed by atoms with van der Waals surface area (Å²) >= 11 is 12.2. The molecule has 1 nitrogen and oxygen atoms in total. The van der Waals surface area contributed by atoms with Crippen molar-refractivity contribution in [3.63, 3.8) is 0 Å². The molecule has 0 spiro atoms. The summed E-state index contributed by atoms with van der Waals surface area (Å²) in [5.41, 5.74) is 0.112. The van der Waals surface area contributed by atoms with Crippen molar-refractivity contribution >= 4 is 23.2 Å². The van der Waals surface area contributed by atoms with Crippen LogP contribution in [0.1, 0.15) is 45.1 Å². The van der Waals surface area contributed by atoms with Crippen molar-refractivity contribution in [1.82, 2.24) is 0 Å². The first kappa shape index (κ1) is 14.8. The molecule has 96 valence electrons. The van der Waals surface area contributed by atoms with Gasteiger partial charge in [0.25, 0.3) is 0 Å². The fourth-order valence-corrected chi connectivity index (χ4v) is 2.46. The zero-order chi connectivity index (χ0) is 12.9. The van der Waals surface area contributed by atoms with Crippen LogP contribution in [0.2, 0.25) is 10.0 Å². The van der Waals surface area contributed by atoms with Crippen LogP contribution in [0.15, 0.2) is 18.2 Å². The molecule has 0 aromatic heterocycles. The molecule has 0 fully saturated rings. The first-order valence-electron chi connectivity index (χ1n) is 6.11. The lowest BCUT2D eigenvalue weighted by molar-refractivity contribution is 0.0486. The smallest absolute Gasteiger partial charge is 0.0661 e. The van der Waals surface area contributed by atoms with E-state index in [2.05, 4.69) is 6.92 Å². The topological polar surface area (TPSA) is 20.2 Å². The van der Waals surface area contributed by atoms with Crippen LogP contribution in [-0.2, 0) is 6.42 Å². The SMILES string of the molecule is CCCCCC(C)(O)Cc1c(Cl)cccc1Cl. The highest BCUT2D eigenvalue weighted by Crippen LogP contribution is 2.30. The van der Waals surface area contributed by atoms with Gasteiger partial charge in [-0.2, -0.15) is 0 Å². The standard InChI is InChI=1S/C14H20Cl2O/c1-3-4-5-9-14(2,17)10-11-12(15)7-6-8-13(11)16/h6-8,17H,3-5,9-10H2,1-2H3. The van der Waals surface area contributed by atoms with Gasteiger partial charge in [-0.05, 0) is 31.0 Å². The number of halogens is 2. The highest BCUT2D eigenvalue weighted by molar-refractivity contribution is 6.36. The van der Waals surface area contributed by atoms with Crippen molar-refractivity contribution in [3.8, 4) is 0 Å². The van der Waals surface area contributed by atoms with Crippen LogP contribution in [0.5, 0.6) is 0 Å². The minimum atomic E-state index is -0.732. The van der Waals surface area contributed by atoms with Gasteiger partial charge in [0.2, 0.25) is 0 Å². The predicted molar refractivity (Wildman–Crippen MR) is 74.9 cm³/mol. The molecule has 1 N–H and O–H groups in total. The van der Waals surface area contributed by atoms with Gasteiger partial charge in [0.15, 0.2) is 0 Å². The number of benzene rings is 1. The number of aliphatic hydroxyl groups is 1. The third-order valence-electron chi connectivity index (χ3n) is 2.94. The molecule has 0 aliphatic rings. The quantitative estimate of drug-likeness (QED) is 0.734. The Kier molecular flexibility index (Phi) is 5.78. The van der Waals surface area contributed by atoms with Crippen molar-refractivity contribution in [2.24, 2.45) is 0 Å². The summed E-state index contributed by atoms with van der Waals surface area (Å²) in [5, 5.41) is 11.6. The van der Waals surface area contributed by atoms with E-state index in [1.165, 1.54) is 0 Å². The summed E-state index contributed by atoms with van der Waals surface area (Å²) in [6.07, 6.45) is 4.62. The Balaban J connectivity index is 2.69. The summed E-state index contributed by atoms with van der Waals surface area (Å²) in [7, 11) is 0. The molecule has 1 unspecified atom stereocenters. The van der Waals surface area contributed by atoms with Gasteiger partial charge < -0.3 is 5.11 Å². The van der Waals surface area contributed by atoms with Crippen molar-refractivity contribution in [2.75, 3.05) is 0 Å². The summed E-state index contributed by atoms with van der Waals surface area (Å²) < 4.78 is 0. The van der Waals surface area contributed by atoms with E-state index in [-0.39, 0.29) is 0 Å². The molecular formula is C14H20Cl2O. The number of hydrogen-bond donors (Lipinski definition) is 1. The Morgan fingerprint density at radius 2 is 1.76 bits per heavy atom. The van der Waals surface area contributed by atoms with E-state index in [0.717, 1.165) is 31.2 Å². The molecule has 0 radical (unpaired) electrons. The van der Waals surface area contributed by atoms with Gasteiger partial charge >= 0.3 is 0 Å². The van der Waals surface area contributed by atoms with Crippen LogP contribution >= 0.6 is 23.2 Å². The molecule has 17 heavy (non-hydrogen) atoms. The molecule has 1 rings (SSSR count). The molecule has 3 heteroatoms. The van der Waals surface area contributed by atoms with Crippen molar-refractivity contribution < 1.29 is 5.11 Å². The lowest BCUT2D eigenvalue weighted by Gasteiger charge is -2.24. The van der Waals surface area contributed by atoms with Crippen LogP contribution in [0, 0.1) is 0 Å². The Morgan fingerprint density at radius 1 is 1.18 bits per heavy atom. The maximum atomic E-state index is 10.3. The minimum absolute atomic E-state index is 0.509. The van der Waals surface area contributed by atoms with E-state index >= 15 is 0 Å². The van der Waals surface area contributed by atoms with Crippen molar-refractivity contribution in [3.05, 3.63) is 33.8 Å². The molecule has 0 aliphatic carbocycles. The van der Waals surface area contributed by atoms with Crippen LogP contribution in [0.25, 0.3) is 0 Å². The Labute approximate surface area is 114 Å². The summed E-state index contributed by atoms with van der Waals surface area (Å²) in [6.45, 7) is 4.00. The zero-order valence-corrected chi connectivity index (χ0v) is 12.0. The maximum Gasteiger partial charge on any atom is 0.0661 e. The highest BCUT2D eigenvalue weighted by atomic mass is 35.5. The van der Waals surface area contributed by atoms with Crippen LogP contribution in [-0.4, -0.2) is 10.7 Å². The lowest BCUT2D eigenvalue weighted by atomic mass is 9.91. The normalized spacial score (nSPS) is 14.6. The van der Waals surface area contributed by atoms with E-state index < -0.39 is 5.60 Å². The molecule has 0 aliphatic heterocycles. The summed E-state index contributed by atoms with van der Waals surface area (Å²) in [6, 6.07) is 5.44. The van der Waals surface area contributed by atoms with Gasteiger partial charge in [-0.3, -0.25) is 0 Å². The molecule has 0 saturated heterocycles. The molecular weight excluding hydrogens is 255 g/mol. The number of rotatable bonds is 6. The van der Waals surface area contributed by atoms with Gasteiger partial charge in [0, 0.05) is 16.5 Å². The molecule has 1 aromatic carbocycles. The first-order valence-corrected chi connectivity index (χ1v) is 6.87. The summed E-state index contributed by atoms with van der Waals surface area (Å²) in [5.74, 6) is 0. The minimum Gasteiger partial charge on any atom is -0.390 e. The van der Waals surface area contributed by atoms with Crippen LogP contribution in [0.4, 0.5) is 0 Å². The van der Waals surface area contributed by atoms with Gasteiger partial charge in [-0.25, -0.2) is 0 Å². The van der Waals surface area contributed by atoms with Crippen LogP contribution < -0.4 is 0 Å². The predicted octanol–water partition coefficient (Wildman–Crippen LogP) is 4.87.